The number of phenolic OH excluding ortho intramolecular Hbond substituents is 1. The lowest BCUT2D eigenvalue weighted by Crippen LogP contribution is -2.34. The fourth-order valence-corrected chi connectivity index (χ4v) is 1.04. The monoisotopic (exact) mass is 225 g/mol. The zero-order chi connectivity index (χ0) is 12.0. The Labute approximate surface area is 93.7 Å². The van der Waals surface area contributed by atoms with Crippen LogP contribution >= 0.6 is 0 Å². The van der Waals surface area contributed by atoms with Crippen molar-refractivity contribution in [2.45, 2.75) is 13.0 Å². The van der Waals surface area contributed by atoms with Crippen molar-refractivity contribution in [3.05, 3.63) is 24.3 Å². The zero-order valence-corrected chi connectivity index (χ0v) is 9.01. The van der Waals surface area contributed by atoms with Crippen molar-refractivity contribution in [1.82, 2.24) is 5.32 Å². The number of carbonyl (C=O) groups is 1. The van der Waals surface area contributed by atoms with Crippen molar-refractivity contribution < 1.29 is 19.7 Å². The molecule has 88 valence electrons. The van der Waals surface area contributed by atoms with Crippen molar-refractivity contribution in [1.29, 1.82) is 0 Å². The van der Waals surface area contributed by atoms with Crippen LogP contribution in [0.2, 0.25) is 0 Å². The number of ether oxygens (including phenoxy) is 1. The highest BCUT2D eigenvalue weighted by Crippen LogP contribution is 2.23. The lowest BCUT2D eigenvalue weighted by atomic mass is 10.3. The van der Waals surface area contributed by atoms with Gasteiger partial charge in [0.15, 0.2) is 18.1 Å². The molecule has 5 nitrogen and oxygen atoms in total. The Kier molecular flexibility index (Phi) is 4.60. The third-order valence-electron chi connectivity index (χ3n) is 1.82. The molecule has 0 fully saturated rings. The number of aliphatic hydroxyl groups is 1. The lowest BCUT2D eigenvalue weighted by Gasteiger charge is -2.09. The van der Waals surface area contributed by atoms with Gasteiger partial charge in [-0.2, -0.15) is 0 Å². The van der Waals surface area contributed by atoms with Gasteiger partial charge in [-0.05, 0) is 19.1 Å². The van der Waals surface area contributed by atoms with Gasteiger partial charge in [-0.25, -0.2) is 0 Å². The fourth-order valence-electron chi connectivity index (χ4n) is 1.04. The number of para-hydroxylation sites is 2. The number of carbonyl (C=O) groups excluding carboxylic acids is 1. The quantitative estimate of drug-likeness (QED) is 0.672. The Morgan fingerprint density at radius 2 is 2.19 bits per heavy atom. The van der Waals surface area contributed by atoms with E-state index < -0.39 is 6.10 Å². The van der Waals surface area contributed by atoms with Crippen molar-refractivity contribution >= 4 is 5.91 Å². The molecule has 1 amide bonds. The number of hydrogen-bond donors (Lipinski definition) is 3. The molecule has 0 saturated carbocycles. The van der Waals surface area contributed by atoms with E-state index in [4.69, 9.17) is 9.84 Å². The molecule has 16 heavy (non-hydrogen) atoms. The number of rotatable bonds is 5. The maximum Gasteiger partial charge on any atom is 0.258 e. The van der Waals surface area contributed by atoms with E-state index in [2.05, 4.69) is 5.32 Å². The summed E-state index contributed by atoms with van der Waals surface area (Å²) < 4.78 is 5.09. The van der Waals surface area contributed by atoms with Gasteiger partial charge in [0.25, 0.3) is 5.91 Å². The van der Waals surface area contributed by atoms with Crippen LogP contribution in [-0.2, 0) is 4.79 Å². The summed E-state index contributed by atoms with van der Waals surface area (Å²) in [6, 6.07) is 6.40. The number of hydrogen-bond acceptors (Lipinski definition) is 4. The predicted molar refractivity (Wildman–Crippen MR) is 58.3 cm³/mol. The molecule has 1 rings (SSSR count). The third kappa shape index (κ3) is 4.18. The van der Waals surface area contributed by atoms with Gasteiger partial charge < -0.3 is 20.3 Å². The first-order valence-electron chi connectivity index (χ1n) is 4.95. The molecule has 0 aromatic heterocycles. The number of aliphatic hydroxyl groups excluding tert-OH is 1. The van der Waals surface area contributed by atoms with Crippen LogP contribution in [0.25, 0.3) is 0 Å². The average molecular weight is 225 g/mol. The van der Waals surface area contributed by atoms with E-state index in [0.717, 1.165) is 0 Å². The standard InChI is InChI=1S/C11H15NO4/c1-8(13)6-12-11(15)7-16-10-5-3-2-4-9(10)14/h2-5,8,13-14H,6-7H2,1H3,(H,12,15)/t8-/m1/s1. The van der Waals surface area contributed by atoms with Crippen molar-refractivity contribution in [2.75, 3.05) is 13.2 Å². The van der Waals surface area contributed by atoms with Crippen LogP contribution in [0.5, 0.6) is 11.5 Å². The van der Waals surface area contributed by atoms with Crippen LogP contribution in [0.3, 0.4) is 0 Å². The van der Waals surface area contributed by atoms with E-state index in [1.165, 1.54) is 6.07 Å². The van der Waals surface area contributed by atoms with Crippen LogP contribution in [0.1, 0.15) is 6.92 Å². The molecule has 0 aliphatic rings. The summed E-state index contributed by atoms with van der Waals surface area (Å²) in [5.74, 6) is -0.0929. The first-order chi connectivity index (χ1) is 7.59. The van der Waals surface area contributed by atoms with Gasteiger partial charge in [0, 0.05) is 6.54 Å². The van der Waals surface area contributed by atoms with Crippen LogP contribution in [0, 0.1) is 0 Å². The molecule has 0 spiro atoms. The maximum atomic E-state index is 11.2. The predicted octanol–water partition coefficient (Wildman–Crippen LogP) is 0.268. The highest BCUT2D eigenvalue weighted by atomic mass is 16.5. The Hall–Kier alpha value is -1.75. The minimum absolute atomic E-state index is 0.00849. The molecule has 0 heterocycles. The Balaban J connectivity index is 2.35. The molecular formula is C11H15NO4. The largest absolute Gasteiger partial charge is 0.504 e. The highest BCUT2D eigenvalue weighted by Gasteiger charge is 2.06. The molecule has 3 N–H and O–H groups in total. The van der Waals surface area contributed by atoms with E-state index in [0.29, 0.717) is 0 Å². The summed E-state index contributed by atoms with van der Waals surface area (Å²) >= 11 is 0. The summed E-state index contributed by atoms with van der Waals surface area (Å²) in [5, 5.41) is 20.8. The molecule has 1 aromatic carbocycles. The molecule has 5 heteroatoms. The molecule has 0 unspecified atom stereocenters. The smallest absolute Gasteiger partial charge is 0.258 e. The van der Waals surface area contributed by atoms with Crippen molar-refractivity contribution in [3.63, 3.8) is 0 Å². The van der Waals surface area contributed by atoms with Crippen molar-refractivity contribution in [3.8, 4) is 11.5 Å². The minimum Gasteiger partial charge on any atom is -0.504 e. The van der Waals surface area contributed by atoms with Crippen LogP contribution in [-0.4, -0.2) is 35.4 Å². The second-order valence-electron chi connectivity index (χ2n) is 3.41. The average Bonchev–Trinajstić information content (AvgIpc) is 2.25. The number of benzene rings is 1. The second kappa shape index (κ2) is 5.97. The summed E-state index contributed by atoms with van der Waals surface area (Å²) in [4.78, 5) is 11.2. The minimum atomic E-state index is -0.589. The number of nitrogens with one attached hydrogen (secondary N) is 1. The van der Waals surface area contributed by atoms with Gasteiger partial charge in [0.05, 0.1) is 6.10 Å². The first-order valence-corrected chi connectivity index (χ1v) is 4.95. The summed E-state index contributed by atoms with van der Waals surface area (Å²) in [7, 11) is 0. The molecule has 1 aromatic rings. The SMILES string of the molecule is C[C@@H](O)CNC(=O)COc1ccccc1O. The molecule has 1 atom stereocenters. The Bertz CT molecular complexity index is 352. The van der Waals surface area contributed by atoms with Gasteiger partial charge >= 0.3 is 0 Å². The molecule has 0 bridgehead atoms. The molecular weight excluding hydrogens is 210 g/mol. The maximum absolute atomic E-state index is 11.2. The second-order valence-corrected chi connectivity index (χ2v) is 3.41. The summed E-state index contributed by atoms with van der Waals surface area (Å²) in [5.41, 5.74) is 0. The zero-order valence-electron chi connectivity index (χ0n) is 9.01. The van der Waals surface area contributed by atoms with Crippen LogP contribution in [0.15, 0.2) is 24.3 Å². The van der Waals surface area contributed by atoms with Crippen molar-refractivity contribution in [2.24, 2.45) is 0 Å². The molecule has 0 aliphatic heterocycles. The van der Waals surface area contributed by atoms with Gasteiger partial charge in [-0.15, -0.1) is 0 Å². The van der Waals surface area contributed by atoms with E-state index in [-0.39, 0.29) is 30.6 Å². The fraction of sp³-hybridized carbons (Fsp3) is 0.364. The first kappa shape index (κ1) is 12.3. The molecule has 0 aliphatic carbocycles. The van der Waals surface area contributed by atoms with Gasteiger partial charge in [-0.3, -0.25) is 4.79 Å². The van der Waals surface area contributed by atoms with E-state index in [9.17, 15) is 9.90 Å². The number of amides is 1. The topological polar surface area (TPSA) is 78.8 Å². The van der Waals surface area contributed by atoms with Gasteiger partial charge in [-0.1, -0.05) is 12.1 Å². The molecule has 0 saturated heterocycles. The summed E-state index contributed by atoms with van der Waals surface area (Å²) in [6.07, 6.45) is -0.589. The molecule has 0 radical (unpaired) electrons. The van der Waals surface area contributed by atoms with E-state index in [1.54, 1.807) is 25.1 Å². The summed E-state index contributed by atoms with van der Waals surface area (Å²) in [6.45, 7) is 1.57. The number of phenols is 1. The van der Waals surface area contributed by atoms with Crippen LogP contribution in [0.4, 0.5) is 0 Å². The van der Waals surface area contributed by atoms with Crippen LogP contribution < -0.4 is 10.1 Å². The Morgan fingerprint density at radius 1 is 1.50 bits per heavy atom. The number of aromatic hydroxyl groups is 1. The van der Waals surface area contributed by atoms with E-state index >= 15 is 0 Å². The van der Waals surface area contributed by atoms with Gasteiger partial charge in [0.1, 0.15) is 0 Å². The highest BCUT2D eigenvalue weighted by molar-refractivity contribution is 5.77. The van der Waals surface area contributed by atoms with Gasteiger partial charge in [0.2, 0.25) is 0 Å². The third-order valence-corrected chi connectivity index (χ3v) is 1.82. The van der Waals surface area contributed by atoms with E-state index in [1.807, 2.05) is 0 Å². The Morgan fingerprint density at radius 3 is 2.81 bits per heavy atom. The lowest BCUT2D eigenvalue weighted by molar-refractivity contribution is -0.123. The normalized spacial score (nSPS) is 11.9.